The molecule has 0 amide bonds. The fraction of sp³-hybridized carbons (Fsp3) is 0.667. The number of carboxylic acids is 1. The standard InChI is InChI=1S/C21H35NO4/c1-7-8-9-10-11-12-13-17(3)21(20(23)24,22(4)5)18-15-26-14-16(2)19(18)25-6/h9-13,16,18-19H,7-8,14-15H2,1-6H3,(H,23,24)/t16?,18?,19?,21-/m0/s1. The first-order chi connectivity index (χ1) is 12.3. The van der Waals surface area contributed by atoms with Crippen molar-refractivity contribution >= 4 is 5.97 Å². The molecule has 0 saturated carbocycles. The van der Waals surface area contributed by atoms with Gasteiger partial charge in [-0.2, -0.15) is 0 Å². The zero-order valence-corrected chi connectivity index (χ0v) is 17.1. The van der Waals surface area contributed by atoms with Crippen LogP contribution in [0.25, 0.3) is 0 Å². The zero-order chi connectivity index (χ0) is 19.7. The second kappa shape index (κ2) is 10.7. The van der Waals surface area contributed by atoms with Crippen LogP contribution in [-0.2, 0) is 14.3 Å². The first-order valence-electron chi connectivity index (χ1n) is 9.35. The van der Waals surface area contributed by atoms with Gasteiger partial charge in [-0.15, -0.1) is 0 Å². The summed E-state index contributed by atoms with van der Waals surface area (Å²) in [6.07, 6.45) is 11.8. The van der Waals surface area contributed by atoms with Crippen molar-refractivity contribution in [1.29, 1.82) is 0 Å². The lowest BCUT2D eigenvalue weighted by Gasteiger charge is -2.49. The predicted molar refractivity (Wildman–Crippen MR) is 105 cm³/mol. The average Bonchev–Trinajstić information content (AvgIpc) is 2.58. The molecule has 1 heterocycles. The third-order valence-electron chi connectivity index (χ3n) is 5.24. The number of hydrogen-bond donors (Lipinski definition) is 1. The summed E-state index contributed by atoms with van der Waals surface area (Å²) in [6, 6.07) is 0. The Morgan fingerprint density at radius 1 is 1.31 bits per heavy atom. The molecule has 1 saturated heterocycles. The van der Waals surface area contributed by atoms with Gasteiger partial charge in [-0.05, 0) is 33.0 Å². The number of rotatable bonds is 9. The summed E-state index contributed by atoms with van der Waals surface area (Å²) in [5.74, 6) is -1.04. The highest BCUT2D eigenvalue weighted by Gasteiger charge is 2.54. The molecule has 3 unspecified atom stereocenters. The van der Waals surface area contributed by atoms with Crippen molar-refractivity contribution in [2.75, 3.05) is 34.4 Å². The summed E-state index contributed by atoms with van der Waals surface area (Å²) in [6.45, 7) is 7.00. The van der Waals surface area contributed by atoms with E-state index in [1.54, 1.807) is 12.0 Å². The molecule has 1 rings (SSSR count). The fourth-order valence-electron chi connectivity index (χ4n) is 3.95. The monoisotopic (exact) mass is 365 g/mol. The summed E-state index contributed by atoms with van der Waals surface area (Å²) >= 11 is 0. The third kappa shape index (κ3) is 4.84. The zero-order valence-electron chi connectivity index (χ0n) is 17.1. The van der Waals surface area contributed by atoms with Gasteiger partial charge in [0.2, 0.25) is 0 Å². The van der Waals surface area contributed by atoms with Crippen LogP contribution in [0.5, 0.6) is 0 Å². The summed E-state index contributed by atoms with van der Waals surface area (Å²) in [5.41, 5.74) is -0.424. The van der Waals surface area contributed by atoms with Crippen molar-refractivity contribution in [3.63, 3.8) is 0 Å². The van der Waals surface area contributed by atoms with Gasteiger partial charge in [0.15, 0.2) is 0 Å². The molecule has 148 valence electrons. The second-order valence-electron chi connectivity index (χ2n) is 7.24. The van der Waals surface area contributed by atoms with Gasteiger partial charge in [0, 0.05) is 18.9 Å². The highest BCUT2D eigenvalue weighted by Crippen LogP contribution is 2.39. The van der Waals surface area contributed by atoms with Crippen LogP contribution in [0.15, 0.2) is 36.0 Å². The summed E-state index contributed by atoms with van der Waals surface area (Å²) in [5, 5.41) is 10.3. The fourth-order valence-corrected chi connectivity index (χ4v) is 3.95. The van der Waals surface area contributed by atoms with E-state index in [1.807, 2.05) is 52.2 Å². The van der Waals surface area contributed by atoms with E-state index < -0.39 is 11.5 Å². The van der Waals surface area contributed by atoms with Gasteiger partial charge >= 0.3 is 5.97 Å². The molecular weight excluding hydrogens is 330 g/mol. The Kier molecular flexibility index (Phi) is 9.27. The summed E-state index contributed by atoms with van der Waals surface area (Å²) < 4.78 is 11.4. The van der Waals surface area contributed by atoms with Gasteiger partial charge < -0.3 is 14.6 Å². The average molecular weight is 366 g/mol. The molecule has 0 aliphatic carbocycles. The van der Waals surface area contributed by atoms with E-state index in [9.17, 15) is 9.90 Å². The van der Waals surface area contributed by atoms with E-state index in [-0.39, 0.29) is 17.9 Å². The molecule has 5 nitrogen and oxygen atoms in total. The van der Waals surface area contributed by atoms with Crippen molar-refractivity contribution in [1.82, 2.24) is 4.90 Å². The van der Waals surface area contributed by atoms with E-state index in [0.717, 1.165) is 18.4 Å². The number of methoxy groups -OCH3 is 1. The van der Waals surface area contributed by atoms with E-state index in [4.69, 9.17) is 9.47 Å². The van der Waals surface area contributed by atoms with Crippen LogP contribution in [0, 0.1) is 11.8 Å². The molecule has 0 aromatic rings. The number of carbonyl (C=O) groups is 1. The number of aliphatic carboxylic acids is 1. The van der Waals surface area contributed by atoms with Crippen LogP contribution in [0.1, 0.15) is 33.6 Å². The minimum Gasteiger partial charge on any atom is -0.480 e. The summed E-state index contributed by atoms with van der Waals surface area (Å²) in [7, 11) is 5.27. The number of nitrogens with zero attached hydrogens (tertiary/aromatic N) is 1. The maximum Gasteiger partial charge on any atom is 0.328 e. The van der Waals surface area contributed by atoms with Crippen LogP contribution in [0.2, 0.25) is 0 Å². The van der Waals surface area contributed by atoms with Gasteiger partial charge in [0.25, 0.3) is 0 Å². The Bertz CT molecular complexity index is 538. The van der Waals surface area contributed by atoms with Crippen LogP contribution in [0.3, 0.4) is 0 Å². The van der Waals surface area contributed by atoms with E-state index in [0.29, 0.717) is 13.2 Å². The van der Waals surface area contributed by atoms with Crippen molar-refractivity contribution in [2.45, 2.75) is 45.3 Å². The molecule has 1 fully saturated rings. The minimum absolute atomic E-state index is 0.137. The van der Waals surface area contributed by atoms with Crippen LogP contribution in [0.4, 0.5) is 0 Å². The highest BCUT2D eigenvalue weighted by atomic mass is 16.5. The van der Waals surface area contributed by atoms with Gasteiger partial charge in [0.05, 0.1) is 19.3 Å². The van der Waals surface area contributed by atoms with Crippen LogP contribution < -0.4 is 0 Å². The van der Waals surface area contributed by atoms with Crippen molar-refractivity contribution in [3.8, 4) is 0 Å². The molecule has 5 heteroatoms. The van der Waals surface area contributed by atoms with Crippen molar-refractivity contribution in [3.05, 3.63) is 36.0 Å². The van der Waals surface area contributed by atoms with E-state index in [2.05, 4.69) is 13.0 Å². The molecule has 0 spiro atoms. The van der Waals surface area contributed by atoms with Gasteiger partial charge in [-0.1, -0.05) is 50.6 Å². The van der Waals surface area contributed by atoms with E-state index >= 15 is 0 Å². The molecule has 1 aliphatic heterocycles. The summed E-state index contributed by atoms with van der Waals surface area (Å²) in [4.78, 5) is 14.3. The number of likely N-dealkylation sites (N-methyl/N-ethyl adjacent to an activating group) is 1. The number of hydrogen-bond acceptors (Lipinski definition) is 4. The SMILES string of the molecule is CCCC=CC=CC=C(C)[C@@](C(=O)O)(C1COCC(C)C1OC)N(C)C. The van der Waals surface area contributed by atoms with Gasteiger partial charge in [0.1, 0.15) is 5.54 Å². The molecule has 1 aliphatic rings. The Morgan fingerprint density at radius 2 is 2.00 bits per heavy atom. The maximum atomic E-state index is 12.5. The van der Waals surface area contributed by atoms with Gasteiger partial charge in [-0.3, -0.25) is 4.90 Å². The molecule has 26 heavy (non-hydrogen) atoms. The molecule has 4 atom stereocenters. The molecular formula is C21H35NO4. The minimum atomic E-state index is -1.19. The van der Waals surface area contributed by atoms with Crippen LogP contribution in [-0.4, -0.2) is 62.0 Å². The first-order valence-corrected chi connectivity index (χ1v) is 9.35. The third-order valence-corrected chi connectivity index (χ3v) is 5.24. The Hall–Kier alpha value is -1.43. The Balaban J connectivity index is 3.27. The molecule has 0 aromatic carbocycles. The normalized spacial score (nSPS) is 27.3. The molecule has 1 N–H and O–H groups in total. The Morgan fingerprint density at radius 3 is 2.54 bits per heavy atom. The highest BCUT2D eigenvalue weighted by molar-refractivity contribution is 5.84. The molecule has 0 bridgehead atoms. The number of allylic oxidation sites excluding steroid dienone is 5. The molecule has 0 aromatic heterocycles. The number of unbranched alkanes of at least 4 members (excludes halogenated alkanes) is 1. The Labute approximate surface area is 158 Å². The lowest BCUT2D eigenvalue weighted by Crippen LogP contribution is -2.64. The van der Waals surface area contributed by atoms with E-state index in [1.165, 1.54) is 0 Å². The van der Waals surface area contributed by atoms with Crippen molar-refractivity contribution in [2.24, 2.45) is 11.8 Å². The van der Waals surface area contributed by atoms with Crippen LogP contribution >= 0.6 is 0 Å². The topological polar surface area (TPSA) is 59.0 Å². The second-order valence-corrected chi connectivity index (χ2v) is 7.24. The van der Waals surface area contributed by atoms with Gasteiger partial charge in [-0.25, -0.2) is 4.79 Å². The lowest BCUT2D eigenvalue weighted by molar-refractivity contribution is -0.169. The first kappa shape index (κ1) is 22.6. The quantitative estimate of drug-likeness (QED) is 0.634. The largest absolute Gasteiger partial charge is 0.480 e. The maximum absolute atomic E-state index is 12.5. The molecule has 0 radical (unpaired) electrons. The van der Waals surface area contributed by atoms with Crippen molar-refractivity contribution < 1.29 is 19.4 Å². The number of carboxylic acid groups (broad SMARTS) is 1. The smallest absolute Gasteiger partial charge is 0.328 e. The number of ether oxygens (including phenoxy) is 2. The lowest BCUT2D eigenvalue weighted by atomic mass is 9.71. The predicted octanol–water partition coefficient (Wildman–Crippen LogP) is 3.53.